The molecule has 0 aliphatic heterocycles. The number of methoxy groups -OCH3 is 1. The van der Waals surface area contributed by atoms with Crippen LogP contribution in [0.3, 0.4) is 0 Å². The molecule has 0 N–H and O–H groups in total. The Bertz CT molecular complexity index is 1070. The molecule has 0 radical (unpaired) electrons. The molecule has 0 aliphatic carbocycles. The Morgan fingerprint density at radius 2 is 1.50 bits per heavy atom. The van der Waals surface area contributed by atoms with E-state index in [0.29, 0.717) is 0 Å². The molecule has 0 spiro atoms. The highest BCUT2D eigenvalue weighted by atomic mass is 16.5. The molecule has 26 heavy (non-hydrogen) atoms. The average molecular weight is 339 g/mol. The monoisotopic (exact) mass is 339 g/mol. The second kappa shape index (κ2) is 6.64. The van der Waals surface area contributed by atoms with E-state index in [-0.39, 0.29) is 0 Å². The number of fused-ring (bicyclic) bond motifs is 1. The largest absolute Gasteiger partial charge is 0.497 e. The number of rotatable bonds is 3. The molecule has 4 aromatic rings. The van der Waals surface area contributed by atoms with Crippen molar-refractivity contribution in [3.63, 3.8) is 0 Å². The molecule has 0 saturated heterocycles. The van der Waals surface area contributed by atoms with Crippen molar-refractivity contribution in [1.29, 1.82) is 0 Å². The average Bonchev–Trinajstić information content (AvgIpc) is 2.68. The van der Waals surface area contributed by atoms with Crippen LogP contribution in [0, 0.1) is 13.8 Å². The third kappa shape index (κ3) is 2.84. The van der Waals surface area contributed by atoms with E-state index in [4.69, 9.17) is 9.72 Å². The summed E-state index contributed by atoms with van der Waals surface area (Å²) in [5.41, 5.74) is 7.98. The summed E-state index contributed by atoms with van der Waals surface area (Å²) in [4.78, 5) is 4.99. The van der Waals surface area contributed by atoms with Crippen molar-refractivity contribution in [2.45, 2.75) is 13.8 Å². The minimum atomic E-state index is 0.822. The van der Waals surface area contributed by atoms with E-state index < -0.39 is 0 Å². The Morgan fingerprint density at radius 1 is 0.769 bits per heavy atom. The molecule has 1 aromatic heterocycles. The molecule has 2 heteroatoms. The number of hydrogen-bond acceptors (Lipinski definition) is 2. The zero-order chi connectivity index (χ0) is 18.1. The lowest BCUT2D eigenvalue weighted by Crippen LogP contribution is -1.96. The van der Waals surface area contributed by atoms with Gasteiger partial charge in [0.15, 0.2) is 0 Å². The fourth-order valence-corrected chi connectivity index (χ4v) is 3.44. The summed E-state index contributed by atoms with van der Waals surface area (Å²) in [7, 11) is 1.69. The van der Waals surface area contributed by atoms with Gasteiger partial charge < -0.3 is 4.74 Å². The van der Waals surface area contributed by atoms with Gasteiger partial charge in [-0.1, -0.05) is 60.2 Å². The van der Waals surface area contributed by atoms with Gasteiger partial charge in [-0.05, 0) is 42.7 Å². The number of hydrogen-bond donors (Lipinski definition) is 0. The van der Waals surface area contributed by atoms with Crippen LogP contribution in [-0.2, 0) is 0 Å². The van der Waals surface area contributed by atoms with Gasteiger partial charge >= 0.3 is 0 Å². The van der Waals surface area contributed by atoms with Crippen LogP contribution in [0.5, 0.6) is 5.75 Å². The van der Waals surface area contributed by atoms with E-state index >= 15 is 0 Å². The summed E-state index contributed by atoms with van der Waals surface area (Å²) in [5, 5.41) is 1.14. The van der Waals surface area contributed by atoms with E-state index in [9.17, 15) is 0 Å². The van der Waals surface area contributed by atoms with Crippen molar-refractivity contribution in [2.24, 2.45) is 0 Å². The third-order valence-electron chi connectivity index (χ3n) is 4.82. The Labute approximate surface area is 154 Å². The Balaban J connectivity index is 2.06. The third-order valence-corrected chi connectivity index (χ3v) is 4.82. The minimum Gasteiger partial charge on any atom is -0.497 e. The number of aryl methyl sites for hydroxylation is 1. The lowest BCUT2D eigenvalue weighted by molar-refractivity contribution is 0.415. The molecule has 0 fully saturated rings. The molecular formula is C24H21NO. The SMILES string of the molecule is COc1ccc2c(-c3ccccc3)c(C)c(-c3ccc(C)cc3)nc2c1. The smallest absolute Gasteiger partial charge is 0.121 e. The van der Waals surface area contributed by atoms with Gasteiger partial charge in [-0.15, -0.1) is 0 Å². The topological polar surface area (TPSA) is 22.1 Å². The highest BCUT2D eigenvalue weighted by Crippen LogP contribution is 2.37. The summed E-state index contributed by atoms with van der Waals surface area (Å²) >= 11 is 0. The van der Waals surface area contributed by atoms with Gasteiger partial charge in [0.2, 0.25) is 0 Å². The Kier molecular flexibility index (Phi) is 4.18. The molecule has 0 bridgehead atoms. The van der Waals surface area contributed by atoms with Crippen LogP contribution < -0.4 is 4.74 Å². The van der Waals surface area contributed by atoms with Crippen LogP contribution in [0.4, 0.5) is 0 Å². The van der Waals surface area contributed by atoms with Crippen LogP contribution in [0.15, 0.2) is 72.8 Å². The maximum atomic E-state index is 5.42. The molecule has 1 heterocycles. The van der Waals surface area contributed by atoms with Crippen molar-refractivity contribution in [2.75, 3.05) is 7.11 Å². The van der Waals surface area contributed by atoms with Gasteiger partial charge in [-0.3, -0.25) is 0 Å². The maximum absolute atomic E-state index is 5.42. The molecule has 2 nitrogen and oxygen atoms in total. The second-order valence-corrected chi connectivity index (χ2v) is 6.58. The molecule has 0 amide bonds. The quantitative estimate of drug-likeness (QED) is 0.444. The molecule has 3 aromatic carbocycles. The zero-order valence-corrected chi connectivity index (χ0v) is 15.3. The van der Waals surface area contributed by atoms with Crippen molar-refractivity contribution >= 4 is 10.9 Å². The van der Waals surface area contributed by atoms with Crippen LogP contribution >= 0.6 is 0 Å². The first-order valence-electron chi connectivity index (χ1n) is 8.78. The van der Waals surface area contributed by atoms with E-state index in [1.807, 2.05) is 18.2 Å². The van der Waals surface area contributed by atoms with Gasteiger partial charge in [-0.2, -0.15) is 0 Å². The molecule has 0 aliphatic rings. The first-order valence-corrected chi connectivity index (χ1v) is 8.78. The fraction of sp³-hybridized carbons (Fsp3) is 0.125. The predicted octanol–water partition coefficient (Wildman–Crippen LogP) is 6.19. The summed E-state index contributed by atoms with van der Waals surface area (Å²) < 4.78 is 5.42. The first-order chi connectivity index (χ1) is 12.7. The van der Waals surface area contributed by atoms with E-state index in [2.05, 4.69) is 68.4 Å². The number of ether oxygens (including phenoxy) is 1. The summed E-state index contributed by atoms with van der Waals surface area (Å²) in [6.45, 7) is 4.26. The molecule has 128 valence electrons. The minimum absolute atomic E-state index is 0.822. The molecule has 0 saturated carbocycles. The number of nitrogens with zero attached hydrogens (tertiary/aromatic N) is 1. The number of pyridine rings is 1. The van der Waals surface area contributed by atoms with Gasteiger partial charge in [0, 0.05) is 17.0 Å². The normalized spacial score (nSPS) is 10.9. The van der Waals surface area contributed by atoms with Crippen LogP contribution in [0.2, 0.25) is 0 Å². The van der Waals surface area contributed by atoms with Crippen molar-refractivity contribution in [1.82, 2.24) is 4.98 Å². The standard InChI is InChI=1S/C24H21NO/c1-16-9-11-19(12-10-16)24-17(2)23(18-7-5-4-6-8-18)21-14-13-20(26-3)15-22(21)25-24/h4-15H,1-3H3. The van der Waals surface area contributed by atoms with E-state index in [1.54, 1.807) is 7.11 Å². The van der Waals surface area contributed by atoms with Crippen molar-refractivity contribution in [3.8, 4) is 28.1 Å². The van der Waals surface area contributed by atoms with Gasteiger partial charge in [-0.25, -0.2) is 4.98 Å². The molecular weight excluding hydrogens is 318 g/mol. The number of aromatic nitrogens is 1. The Hall–Kier alpha value is -3.13. The van der Waals surface area contributed by atoms with Crippen LogP contribution in [0.1, 0.15) is 11.1 Å². The van der Waals surface area contributed by atoms with Crippen LogP contribution in [0.25, 0.3) is 33.3 Å². The predicted molar refractivity (Wildman–Crippen MR) is 109 cm³/mol. The fourth-order valence-electron chi connectivity index (χ4n) is 3.44. The molecule has 0 atom stereocenters. The van der Waals surface area contributed by atoms with Gasteiger partial charge in [0.05, 0.1) is 18.3 Å². The van der Waals surface area contributed by atoms with Gasteiger partial charge in [0.25, 0.3) is 0 Å². The zero-order valence-electron chi connectivity index (χ0n) is 15.3. The first kappa shape index (κ1) is 16.3. The lowest BCUT2D eigenvalue weighted by atomic mass is 9.92. The Morgan fingerprint density at radius 3 is 2.19 bits per heavy atom. The van der Waals surface area contributed by atoms with Crippen molar-refractivity contribution < 1.29 is 4.74 Å². The summed E-state index contributed by atoms with van der Waals surface area (Å²) in [6, 6.07) is 25.2. The van der Waals surface area contributed by atoms with Crippen molar-refractivity contribution in [3.05, 3.63) is 83.9 Å². The maximum Gasteiger partial charge on any atom is 0.121 e. The van der Waals surface area contributed by atoms with Gasteiger partial charge in [0.1, 0.15) is 5.75 Å². The lowest BCUT2D eigenvalue weighted by Gasteiger charge is -2.16. The number of benzene rings is 3. The van der Waals surface area contributed by atoms with E-state index in [0.717, 1.165) is 27.9 Å². The highest BCUT2D eigenvalue weighted by molar-refractivity contribution is 5.99. The summed E-state index contributed by atoms with van der Waals surface area (Å²) in [5.74, 6) is 0.822. The molecule has 4 rings (SSSR count). The van der Waals surface area contributed by atoms with E-state index in [1.165, 1.54) is 22.3 Å². The summed E-state index contributed by atoms with van der Waals surface area (Å²) in [6.07, 6.45) is 0. The second-order valence-electron chi connectivity index (χ2n) is 6.58. The highest BCUT2D eigenvalue weighted by Gasteiger charge is 2.15. The molecule has 0 unspecified atom stereocenters. The van der Waals surface area contributed by atoms with Crippen LogP contribution in [-0.4, -0.2) is 12.1 Å².